The van der Waals surface area contributed by atoms with Crippen LogP contribution in [0, 0.1) is 29.1 Å². The molecule has 1 aromatic rings. The van der Waals surface area contributed by atoms with Crippen molar-refractivity contribution >= 4 is 18.2 Å². The van der Waals surface area contributed by atoms with Gasteiger partial charge in [0.15, 0.2) is 5.78 Å². The lowest BCUT2D eigenvalue weighted by Gasteiger charge is -2.47. The largest absolute Gasteiger partial charge is 0.460 e. The molecule has 2 saturated carbocycles. The van der Waals surface area contributed by atoms with Gasteiger partial charge in [0.25, 0.3) is 6.47 Å². The summed E-state index contributed by atoms with van der Waals surface area (Å²) in [7, 11) is 0. The predicted octanol–water partition coefficient (Wildman–Crippen LogP) is 5.08. The van der Waals surface area contributed by atoms with E-state index in [4.69, 9.17) is 9.47 Å². The highest BCUT2D eigenvalue weighted by atomic mass is 16.6. The van der Waals surface area contributed by atoms with Crippen molar-refractivity contribution in [2.75, 3.05) is 0 Å². The van der Waals surface area contributed by atoms with Gasteiger partial charge >= 0.3 is 5.97 Å². The van der Waals surface area contributed by atoms with Gasteiger partial charge in [0.1, 0.15) is 12.2 Å². The highest BCUT2D eigenvalue weighted by Crippen LogP contribution is 2.64. The Morgan fingerprint density at radius 1 is 1.24 bits per heavy atom. The number of hydrogen-bond acceptors (Lipinski definition) is 5. The lowest BCUT2D eigenvalue weighted by molar-refractivity contribution is -0.147. The third-order valence-corrected chi connectivity index (χ3v) is 8.03. The number of carbonyl (C=O) groups is 3. The number of ether oxygens (including phenoxy) is 2. The van der Waals surface area contributed by atoms with E-state index in [9.17, 15) is 14.4 Å². The first-order valence-corrected chi connectivity index (χ1v) is 11.6. The molecule has 5 heteroatoms. The highest BCUT2D eigenvalue weighted by Gasteiger charge is 2.67. The number of esters is 1. The van der Waals surface area contributed by atoms with Crippen LogP contribution in [0.15, 0.2) is 66.3 Å². The quantitative estimate of drug-likeness (QED) is 0.357. The van der Waals surface area contributed by atoms with Crippen molar-refractivity contribution in [2.45, 2.75) is 52.2 Å². The summed E-state index contributed by atoms with van der Waals surface area (Å²) in [6.07, 6.45) is 2.44. The molecule has 2 fully saturated rings. The maximum Gasteiger partial charge on any atom is 0.338 e. The van der Waals surface area contributed by atoms with Gasteiger partial charge < -0.3 is 9.47 Å². The summed E-state index contributed by atoms with van der Waals surface area (Å²) in [6.45, 7) is 14.9. The van der Waals surface area contributed by atoms with E-state index in [1.54, 1.807) is 30.3 Å². The Kier molecular flexibility index (Phi) is 6.17. The van der Waals surface area contributed by atoms with E-state index < -0.39 is 29.5 Å². The van der Waals surface area contributed by atoms with Gasteiger partial charge in [-0.1, -0.05) is 49.4 Å². The number of hydrogen-bond donors (Lipinski definition) is 0. The normalized spacial score (nSPS) is 35.5. The zero-order valence-corrected chi connectivity index (χ0v) is 19.6. The Labute approximate surface area is 195 Å². The lowest BCUT2D eigenvalue weighted by atomic mass is 9.57. The fourth-order valence-corrected chi connectivity index (χ4v) is 6.77. The maximum absolute atomic E-state index is 13.7. The zero-order valence-electron chi connectivity index (χ0n) is 19.6. The smallest absolute Gasteiger partial charge is 0.338 e. The summed E-state index contributed by atoms with van der Waals surface area (Å²) in [4.78, 5) is 38.4. The average Bonchev–Trinajstić information content (AvgIpc) is 3.18. The third kappa shape index (κ3) is 3.68. The number of allylic oxidation sites excluding steroid dienone is 3. The van der Waals surface area contributed by atoms with Gasteiger partial charge in [-0.15, -0.1) is 0 Å². The van der Waals surface area contributed by atoms with E-state index in [1.165, 1.54) is 0 Å². The highest BCUT2D eigenvalue weighted by molar-refractivity contribution is 6.00. The van der Waals surface area contributed by atoms with E-state index in [0.29, 0.717) is 24.9 Å². The van der Waals surface area contributed by atoms with Crippen LogP contribution >= 0.6 is 0 Å². The Bertz CT molecular complexity index is 1020. The molecular weight excluding hydrogens is 416 g/mol. The SMILES string of the molecule is C=C(C)[C@H]1CCC(=C)[C@@H](OC=O)[C@H]2[C@@H](OC(=O)c3ccccc3)[C@@H](C)C[C@]23C(=O)C=C(C)[C@H]13. The Hall–Kier alpha value is -2.95. The Morgan fingerprint density at radius 3 is 2.58 bits per heavy atom. The Morgan fingerprint density at radius 2 is 1.94 bits per heavy atom. The molecule has 5 nitrogen and oxygen atoms in total. The van der Waals surface area contributed by atoms with Crippen LogP contribution in [0.3, 0.4) is 0 Å². The minimum Gasteiger partial charge on any atom is -0.460 e. The van der Waals surface area contributed by atoms with Crippen LogP contribution in [0.4, 0.5) is 0 Å². The molecule has 0 aliphatic heterocycles. The van der Waals surface area contributed by atoms with Crippen molar-refractivity contribution < 1.29 is 23.9 Å². The van der Waals surface area contributed by atoms with Gasteiger partial charge in [-0.05, 0) is 74.6 Å². The lowest BCUT2D eigenvalue weighted by Crippen LogP contribution is -2.51. The number of ketones is 1. The van der Waals surface area contributed by atoms with Gasteiger partial charge in [0, 0.05) is 0 Å². The zero-order chi connectivity index (χ0) is 23.9. The van der Waals surface area contributed by atoms with Gasteiger partial charge in [0.2, 0.25) is 0 Å². The van der Waals surface area contributed by atoms with E-state index in [-0.39, 0.29) is 23.5 Å². The molecule has 4 rings (SSSR count). The summed E-state index contributed by atoms with van der Waals surface area (Å²) >= 11 is 0. The summed E-state index contributed by atoms with van der Waals surface area (Å²) in [6, 6.07) is 8.83. The molecule has 33 heavy (non-hydrogen) atoms. The minimum absolute atomic E-state index is 0.0283. The monoisotopic (exact) mass is 448 g/mol. The molecule has 3 aliphatic rings. The summed E-state index contributed by atoms with van der Waals surface area (Å²) in [5.41, 5.74) is 2.43. The van der Waals surface area contributed by atoms with Crippen LogP contribution in [-0.2, 0) is 19.1 Å². The van der Waals surface area contributed by atoms with Crippen molar-refractivity contribution in [3.63, 3.8) is 0 Å². The molecule has 174 valence electrons. The third-order valence-electron chi connectivity index (χ3n) is 8.03. The number of rotatable bonds is 5. The maximum atomic E-state index is 13.7. The topological polar surface area (TPSA) is 69.7 Å². The fraction of sp³-hybridized carbons (Fsp3) is 0.464. The summed E-state index contributed by atoms with van der Waals surface area (Å²) in [5, 5.41) is 0. The second-order valence-electron chi connectivity index (χ2n) is 10.0. The molecule has 3 aliphatic carbocycles. The first kappa shape index (κ1) is 23.2. The van der Waals surface area contributed by atoms with Gasteiger partial charge in [-0.25, -0.2) is 4.79 Å². The number of benzene rings is 1. The van der Waals surface area contributed by atoms with Crippen LogP contribution in [-0.4, -0.2) is 30.4 Å². The van der Waals surface area contributed by atoms with Gasteiger partial charge in [0.05, 0.1) is 16.9 Å². The van der Waals surface area contributed by atoms with E-state index in [0.717, 1.165) is 23.1 Å². The molecule has 0 N–H and O–H groups in total. The van der Waals surface area contributed by atoms with Gasteiger partial charge in [-0.3, -0.25) is 9.59 Å². The fourth-order valence-electron chi connectivity index (χ4n) is 6.77. The van der Waals surface area contributed by atoms with Crippen molar-refractivity contribution in [3.05, 3.63) is 71.8 Å². The molecular formula is C28H32O5. The molecule has 1 spiro atoms. The number of carbonyl (C=O) groups excluding carboxylic acids is 3. The van der Waals surface area contributed by atoms with E-state index in [1.807, 2.05) is 26.8 Å². The van der Waals surface area contributed by atoms with Crippen LogP contribution in [0.2, 0.25) is 0 Å². The molecule has 7 atom stereocenters. The second kappa shape index (κ2) is 8.77. The standard InChI is InChI=1S/C28H32O5/c1-16(2)21-12-11-17(3)25(32-15-29)24-26(33-27(31)20-9-7-6-8-10-20)19(5)14-28(24)22(30)13-18(4)23(21)28/h6-10,13,15,19,21,23-26H,1,3,11-12,14H2,2,4-5H3/t19-,21+,23+,24-,25+,26-,28+/m0/s1. The van der Waals surface area contributed by atoms with Crippen LogP contribution < -0.4 is 0 Å². The van der Waals surface area contributed by atoms with Crippen molar-refractivity contribution in [1.82, 2.24) is 0 Å². The van der Waals surface area contributed by atoms with Crippen molar-refractivity contribution in [1.29, 1.82) is 0 Å². The molecule has 0 unspecified atom stereocenters. The van der Waals surface area contributed by atoms with Crippen molar-refractivity contribution in [3.8, 4) is 0 Å². The summed E-state index contributed by atoms with van der Waals surface area (Å²) in [5.74, 6) is -0.985. The predicted molar refractivity (Wildman–Crippen MR) is 125 cm³/mol. The molecule has 0 bridgehead atoms. The van der Waals surface area contributed by atoms with Gasteiger partial charge in [-0.2, -0.15) is 0 Å². The van der Waals surface area contributed by atoms with E-state index in [2.05, 4.69) is 13.2 Å². The molecule has 0 heterocycles. The Balaban J connectivity index is 1.84. The second-order valence-corrected chi connectivity index (χ2v) is 10.0. The van der Waals surface area contributed by atoms with Crippen molar-refractivity contribution in [2.24, 2.45) is 29.1 Å². The van der Waals surface area contributed by atoms with E-state index >= 15 is 0 Å². The van der Waals surface area contributed by atoms with Crippen LogP contribution in [0.5, 0.6) is 0 Å². The molecule has 1 aromatic carbocycles. The van der Waals surface area contributed by atoms with Crippen LogP contribution in [0.25, 0.3) is 0 Å². The average molecular weight is 449 g/mol. The molecule has 0 aromatic heterocycles. The molecule has 0 saturated heterocycles. The first-order valence-electron chi connectivity index (χ1n) is 11.6. The molecule has 0 amide bonds. The first-order chi connectivity index (χ1) is 15.7. The molecule has 0 radical (unpaired) electrons. The minimum atomic E-state index is -0.828. The van der Waals surface area contributed by atoms with Crippen LogP contribution in [0.1, 0.15) is 50.4 Å². The summed E-state index contributed by atoms with van der Waals surface area (Å²) < 4.78 is 11.7.